The first-order valence-corrected chi connectivity index (χ1v) is 35.3. The molecule has 9 nitrogen and oxygen atoms in total. The Bertz CT molecular complexity index is 1890. The molecule has 0 heterocycles. The second kappa shape index (κ2) is 67.4. The number of likely N-dealkylation sites (N-methyl/N-ethyl adjacent to an activating group) is 1. The number of esters is 2. The van der Waals surface area contributed by atoms with E-state index in [2.05, 4.69) is 148 Å². The maximum atomic E-state index is 12.9. The number of carbonyl (C=O) groups is 3. The van der Waals surface area contributed by atoms with Crippen molar-refractivity contribution < 1.29 is 42.9 Å². The molecule has 9 heteroatoms. The van der Waals surface area contributed by atoms with Crippen molar-refractivity contribution in [3.8, 4) is 0 Å². The summed E-state index contributed by atoms with van der Waals surface area (Å²) < 4.78 is 22.8. The van der Waals surface area contributed by atoms with Crippen LogP contribution in [0.15, 0.2) is 134 Å². The van der Waals surface area contributed by atoms with Gasteiger partial charge in [0.25, 0.3) is 0 Å². The van der Waals surface area contributed by atoms with Crippen molar-refractivity contribution in [3.05, 3.63) is 134 Å². The van der Waals surface area contributed by atoms with Crippen LogP contribution in [0.4, 0.5) is 0 Å². The highest BCUT2D eigenvalue weighted by molar-refractivity contribution is 5.70. The number of carboxylic acids is 1. The van der Waals surface area contributed by atoms with Gasteiger partial charge in [0.2, 0.25) is 0 Å². The standard InChI is InChI=1S/C78H131NO8/c1-6-8-10-12-14-16-18-20-22-24-26-28-30-32-34-35-36-37-38-39-40-41-43-44-46-48-50-52-54-56-58-60-62-64-66-68-75(80)85-72-74(73-86-78(77(82)83)84-71-70-79(3,4)5)87-76(81)69-67-65-63-61-59-57-55-53-51-49-47-45-42-33-31-29-27-25-23-21-19-17-15-13-11-9-7-2/h8-11,14-17,20-23,26-29,32-34,42,47,49,74,78H,6-7,12-13,18-19,24-25,30-31,35-41,43-46,48,50-73H2,1-5H3/b10-8-,11-9-,16-14-,17-15-,22-20-,23-21-,28-26-,29-27-,34-32-,42-33-,49-47-. The Labute approximate surface area is 535 Å². The molecule has 0 amide bonds. The lowest BCUT2D eigenvalue weighted by Crippen LogP contribution is -2.44. The highest BCUT2D eigenvalue weighted by atomic mass is 16.7. The Kier molecular flexibility index (Phi) is 63.8. The first-order valence-electron chi connectivity index (χ1n) is 35.3. The molecule has 496 valence electrons. The summed E-state index contributed by atoms with van der Waals surface area (Å²) in [7, 11) is 5.92. The molecule has 0 fully saturated rings. The van der Waals surface area contributed by atoms with E-state index in [1.165, 1.54) is 135 Å². The Morgan fingerprint density at radius 1 is 0.345 bits per heavy atom. The predicted octanol–water partition coefficient (Wildman–Crippen LogP) is 20.8. The summed E-state index contributed by atoms with van der Waals surface area (Å²) in [6, 6.07) is 0. The summed E-state index contributed by atoms with van der Waals surface area (Å²) in [4.78, 5) is 37.5. The number of nitrogens with zero attached hydrogens (tertiary/aromatic N) is 1. The summed E-state index contributed by atoms with van der Waals surface area (Å²) in [5.74, 6) is -2.29. The van der Waals surface area contributed by atoms with Gasteiger partial charge in [0, 0.05) is 12.8 Å². The van der Waals surface area contributed by atoms with Gasteiger partial charge in [0.05, 0.1) is 40.3 Å². The number of carbonyl (C=O) groups excluding carboxylic acids is 3. The Morgan fingerprint density at radius 2 is 0.621 bits per heavy atom. The Balaban J connectivity index is 4.11. The molecule has 0 aliphatic rings. The van der Waals surface area contributed by atoms with Crippen LogP contribution in [-0.2, 0) is 33.3 Å². The lowest BCUT2D eigenvalue weighted by Gasteiger charge is -2.26. The molecule has 0 aromatic heterocycles. The normalized spacial score (nSPS) is 13.5. The third kappa shape index (κ3) is 68.8. The third-order valence-corrected chi connectivity index (χ3v) is 14.9. The predicted molar refractivity (Wildman–Crippen MR) is 370 cm³/mol. The molecule has 0 saturated carbocycles. The highest BCUT2D eigenvalue weighted by Gasteiger charge is 2.22. The number of hydrogen-bond acceptors (Lipinski definition) is 8. The monoisotopic (exact) mass is 1210 g/mol. The molecule has 87 heavy (non-hydrogen) atoms. The van der Waals surface area contributed by atoms with Crippen molar-refractivity contribution in [2.24, 2.45) is 0 Å². The van der Waals surface area contributed by atoms with Crippen molar-refractivity contribution in [1.29, 1.82) is 0 Å². The van der Waals surface area contributed by atoms with Crippen LogP contribution in [0.3, 0.4) is 0 Å². The zero-order valence-corrected chi connectivity index (χ0v) is 56.6. The molecule has 0 aliphatic heterocycles. The summed E-state index contributed by atoms with van der Waals surface area (Å²) >= 11 is 0. The smallest absolute Gasteiger partial charge is 0.306 e. The van der Waals surface area contributed by atoms with Crippen molar-refractivity contribution in [2.45, 2.75) is 296 Å². The van der Waals surface area contributed by atoms with Crippen LogP contribution in [0.2, 0.25) is 0 Å². The zero-order valence-electron chi connectivity index (χ0n) is 56.6. The Morgan fingerprint density at radius 3 is 0.920 bits per heavy atom. The van der Waals surface area contributed by atoms with Crippen LogP contribution < -0.4 is 5.11 Å². The number of carboxylic acid groups (broad SMARTS) is 1. The van der Waals surface area contributed by atoms with E-state index >= 15 is 0 Å². The number of ether oxygens (including phenoxy) is 4. The molecule has 0 aliphatic carbocycles. The fourth-order valence-electron chi connectivity index (χ4n) is 9.57. The second-order valence-corrected chi connectivity index (χ2v) is 24.4. The van der Waals surface area contributed by atoms with E-state index in [1.807, 2.05) is 21.1 Å². The molecule has 0 radical (unpaired) electrons. The van der Waals surface area contributed by atoms with E-state index in [1.54, 1.807) is 0 Å². The molecule has 0 N–H and O–H groups in total. The van der Waals surface area contributed by atoms with E-state index in [9.17, 15) is 19.5 Å². The topological polar surface area (TPSA) is 111 Å². The summed E-state index contributed by atoms with van der Waals surface area (Å²) in [5.41, 5.74) is 0. The summed E-state index contributed by atoms with van der Waals surface area (Å²) in [6.07, 6.45) is 93.9. The van der Waals surface area contributed by atoms with Gasteiger partial charge >= 0.3 is 11.9 Å². The first kappa shape index (κ1) is 82.4. The molecular formula is C78H131NO8. The maximum Gasteiger partial charge on any atom is 0.306 e. The SMILES string of the molecule is CC/C=C\C/C=C\C/C=C\C/C=C\C/C=C\C/C=C\CCCCCCCCCCC(=O)OC(COC(=O)CCCCCCCCCCCCCCCCCCCCC/C=C\C/C=C\C/C=C\C/C=C\C/C=C\CC)COC(OCC[N+](C)(C)C)C(=O)[O-]. The van der Waals surface area contributed by atoms with Gasteiger partial charge in [-0.25, -0.2) is 0 Å². The zero-order chi connectivity index (χ0) is 63.3. The number of unbranched alkanes of at least 4 members (excludes halogenated alkanes) is 27. The number of quaternary nitrogens is 1. The lowest BCUT2D eigenvalue weighted by molar-refractivity contribution is -0.870. The molecule has 2 unspecified atom stereocenters. The lowest BCUT2D eigenvalue weighted by atomic mass is 10.0. The van der Waals surface area contributed by atoms with Crippen molar-refractivity contribution >= 4 is 17.9 Å². The van der Waals surface area contributed by atoms with Crippen molar-refractivity contribution in [3.63, 3.8) is 0 Å². The van der Waals surface area contributed by atoms with Gasteiger partial charge in [-0.3, -0.25) is 9.59 Å². The van der Waals surface area contributed by atoms with E-state index in [4.69, 9.17) is 18.9 Å². The fraction of sp³-hybridized carbons (Fsp3) is 0.679. The van der Waals surface area contributed by atoms with Crippen LogP contribution in [-0.4, -0.2) is 82.3 Å². The third-order valence-electron chi connectivity index (χ3n) is 14.9. The van der Waals surface area contributed by atoms with Crippen LogP contribution in [0.25, 0.3) is 0 Å². The van der Waals surface area contributed by atoms with Crippen LogP contribution in [0, 0.1) is 0 Å². The molecule has 0 aromatic rings. The Hall–Kier alpha value is -4.57. The molecule has 0 saturated heterocycles. The summed E-state index contributed by atoms with van der Waals surface area (Å²) in [5, 5.41) is 11.8. The molecule has 0 bridgehead atoms. The van der Waals surface area contributed by atoms with Crippen LogP contribution >= 0.6 is 0 Å². The minimum Gasteiger partial charge on any atom is -0.545 e. The quantitative estimate of drug-likeness (QED) is 0.0195. The average Bonchev–Trinajstić information content (AvgIpc) is 3.56. The maximum absolute atomic E-state index is 12.9. The van der Waals surface area contributed by atoms with Crippen LogP contribution in [0.1, 0.15) is 284 Å². The van der Waals surface area contributed by atoms with Gasteiger partial charge in [-0.2, -0.15) is 0 Å². The highest BCUT2D eigenvalue weighted by Crippen LogP contribution is 2.17. The van der Waals surface area contributed by atoms with Gasteiger partial charge < -0.3 is 33.3 Å². The molecule has 0 aromatic carbocycles. The van der Waals surface area contributed by atoms with Gasteiger partial charge in [0.15, 0.2) is 12.4 Å². The molecule has 0 spiro atoms. The average molecular weight is 1210 g/mol. The number of aliphatic carboxylic acids is 1. The number of allylic oxidation sites excluding steroid dienone is 22. The fourth-order valence-corrected chi connectivity index (χ4v) is 9.57. The van der Waals surface area contributed by atoms with E-state index < -0.39 is 24.3 Å². The molecule has 0 rings (SSSR count). The van der Waals surface area contributed by atoms with Crippen molar-refractivity contribution in [1.82, 2.24) is 0 Å². The van der Waals surface area contributed by atoms with E-state index in [0.29, 0.717) is 17.4 Å². The van der Waals surface area contributed by atoms with Gasteiger partial charge in [0.1, 0.15) is 13.2 Å². The van der Waals surface area contributed by atoms with Gasteiger partial charge in [-0.05, 0) is 109 Å². The largest absolute Gasteiger partial charge is 0.545 e. The molecule has 2 atom stereocenters. The van der Waals surface area contributed by atoms with Crippen molar-refractivity contribution in [2.75, 3.05) is 47.5 Å². The van der Waals surface area contributed by atoms with Gasteiger partial charge in [-0.1, -0.05) is 295 Å². The summed E-state index contributed by atoms with van der Waals surface area (Å²) in [6.45, 7) is 4.52. The van der Waals surface area contributed by atoms with E-state index in [0.717, 1.165) is 116 Å². The minimum atomic E-state index is -1.63. The first-order chi connectivity index (χ1) is 42.6. The van der Waals surface area contributed by atoms with E-state index in [-0.39, 0.29) is 38.6 Å². The number of rotatable bonds is 64. The second-order valence-electron chi connectivity index (χ2n) is 24.4. The van der Waals surface area contributed by atoms with Gasteiger partial charge in [-0.15, -0.1) is 0 Å². The molecular weight excluding hydrogens is 1080 g/mol. The minimum absolute atomic E-state index is 0.141. The van der Waals surface area contributed by atoms with Crippen LogP contribution in [0.5, 0.6) is 0 Å². The number of hydrogen-bond donors (Lipinski definition) is 0.